The number of amides is 2. The Hall–Kier alpha value is -2.90. The van der Waals surface area contributed by atoms with Crippen molar-refractivity contribution in [3.8, 4) is 0 Å². The highest BCUT2D eigenvalue weighted by molar-refractivity contribution is 6.07. The number of rotatable bonds is 3. The van der Waals surface area contributed by atoms with E-state index in [0.717, 1.165) is 22.6 Å². The molecule has 8 heteroatoms. The zero-order valence-electron chi connectivity index (χ0n) is 14.8. The lowest BCUT2D eigenvalue weighted by Crippen LogP contribution is -2.42. The average molecular weight is 377 g/mol. The minimum Gasteiger partial charge on any atom is -0.324 e. The molecular weight excluding hydrogens is 359 g/mol. The van der Waals surface area contributed by atoms with Gasteiger partial charge < -0.3 is 5.32 Å². The normalized spacial score (nSPS) is 17.3. The first-order valence-corrected chi connectivity index (χ1v) is 8.40. The molecule has 27 heavy (non-hydrogen) atoms. The molecule has 1 saturated heterocycles. The molecule has 1 N–H and O–H groups in total. The van der Waals surface area contributed by atoms with E-state index in [4.69, 9.17) is 0 Å². The maximum absolute atomic E-state index is 13.1. The van der Waals surface area contributed by atoms with Gasteiger partial charge in [-0.1, -0.05) is 12.1 Å². The van der Waals surface area contributed by atoms with Crippen molar-refractivity contribution in [3.63, 3.8) is 0 Å². The highest BCUT2D eigenvalue weighted by Crippen LogP contribution is 2.34. The third-order valence-electron chi connectivity index (χ3n) is 4.31. The van der Waals surface area contributed by atoms with Gasteiger partial charge in [0, 0.05) is 17.8 Å². The van der Waals surface area contributed by atoms with E-state index in [9.17, 15) is 22.8 Å². The van der Waals surface area contributed by atoms with Gasteiger partial charge in [-0.25, -0.2) is 4.98 Å². The smallest absolute Gasteiger partial charge is 0.324 e. The molecule has 0 spiro atoms. The van der Waals surface area contributed by atoms with Gasteiger partial charge in [0.25, 0.3) is 0 Å². The minimum atomic E-state index is -4.56. The molecule has 0 saturated carbocycles. The summed E-state index contributed by atoms with van der Waals surface area (Å²) >= 11 is 0. The van der Waals surface area contributed by atoms with Gasteiger partial charge in [-0.15, -0.1) is 0 Å². The van der Waals surface area contributed by atoms with E-state index in [1.54, 1.807) is 18.2 Å². The van der Waals surface area contributed by atoms with Crippen molar-refractivity contribution in [1.82, 2.24) is 4.98 Å². The van der Waals surface area contributed by atoms with Crippen molar-refractivity contribution >= 4 is 23.3 Å². The van der Waals surface area contributed by atoms with E-state index in [1.807, 2.05) is 13.0 Å². The number of alkyl halides is 3. The molecule has 1 aliphatic rings. The van der Waals surface area contributed by atoms with Crippen LogP contribution in [0.5, 0.6) is 0 Å². The van der Waals surface area contributed by atoms with E-state index in [0.29, 0.717) is 5.69 Å². The van der Waals surface area contributed by atoms with Crippen LogP contribution in [-0.4, -0.2) is 22.8 Å². The van der Waals surface area contributed by atoms with Crippen molar-refractivity contribution in [1.29, 1.82) is 0 Å². The van der Waals surface area contributed by atoms with Gasteiger partial charge in [0.2, 0.25) is 11.8 Å². The van der Waals surface area contributed by atoms with Crippen LogP contribution in [-0.2, 0) is 15.8 Å². The Bertz CT molecular complexity index is 896. The van der Waals surface area contributed by atoms with Crippen LogP contribution in [0.2, 0.25) is 0 Å². The fraction of sp³-hybridized carbons (Fsp3) is 0.316. The van der Waals surface area contributed by atoms with Crippen molar-refractivity contribution in [3.05, 3.63) is 53.2 Å². The van der Waals surface area contributed by atoms with E-state index in [-0.39, 0.29) is 24.4 Å². The maximum Gasteiger partial charge on any atom is 0.416 e. The Morgan fingerprint density at radius 3 is 2.63 bits per heavy atom. The Labute approximate surface area is 154 Å². The largest absolute Gasteiger partial charge is 0.416 e. The van der Waals surface area contributed by atoms with Crippen LogP contribution in [0.4, 0.5) is 24.7 Å². The number of carbonyl (C=O) groups excluding carboxylic acids is 2. The summed E-state index contributed by atoms with van der Waals surface area (Å²) in [5, 5.41) is 2.72. The number of benzene rings is 1. The molecule has 1 aliphatic heterocycles. The first-order chi connectivity index (χ1) is 12.6. The Morgan fingerprint density at radius 1 is 1.22 bits per heavy atom. The number of hydrogen-bond donors (Lipinski definition) is 1. The van der Waals surface area contributed by atoms with Crippen LogP contribution in [0.25, 0.3) is 0 Å². The average Bonchev–Trinajstić information content (AvgIpc) is 2.95. The summed E-state index contributed by atoms with van der Waals surface area (Å²) in [6, 6.07) is 7.93. The maximum atomic E-state index is 13.1. The number of aromatic nitrogens is 1. The second-order valence-electron chi connectivity index (χ2n) is 6.53. The standard InChI is InChI=1S/C19H18F3N3O2/c1-11-4-3-5-14(8-11)24-18(27)15-6-7-17(26)25(15)16-10-13(19(20,21)22)9-12(2)23-16/h3-5,8-10,15H,6-7H2,1-2H3,(H,24,27)/t15-/m0/s1. The zero-order chi connectivity index (χ0) is 19.8. The van der Waals surface area contributed by atoms with Crippen LogP contribution in [0.15, 0.2) is 36.4 Å². The summed E-state index contributed by atoms with van der Waals surface area (Å²) in [4.78, 5) is 30.1. The lowest BCUT2D eigenvalue weighted by molar-refractivity contribution is -0.137. The van der Waals surface area contributed by atoms with Crippen molar-refractivity contribution in [2.45, 2.75) is 38.9 Å². The number of halogens is 3. The summed E-state index contributed by atoms with van der Waals surface area (Å²) in [6.07, 6.45) is -4.28. The number of anilines is 2. The molecule has 3 rings (SSSR count). The Balaban J connectivity index is 1.91. The molecule has 0 aliphatic carbocycles. The highest BCUT2D eigenvalue weighted by Gasteiger charge is 2.39. The molecule has 1 atom stereocenters. The number of nitrogens with zero attached hydrogens (tertiary/aromatic N) is 2. The minimum absolute atomic E-state index is 0.0723. The van der Waals surface area contributed by atoms with E-state index in [1.165, 1.54) is 6.92 Å². The fourth-order valence-corrected chi connectivity index (χ4v) is 3.11. The van der Waals surface area contributed by atoms with Gasteiger partial charge in [-0.3, -0.25) is 14.5 Å². The molecule has 2 aromatic rings. The number of hydrogen-bond acceptors (Lipinski definition) is 3. The lowest BCUT2D eigenvalue weighted by Gasteiger charge is -2.24. The Kier molecular flexibility index (Phi) is 4.91. The summed E-state index contributed by atoms with van der Waals surface area (Å²) in [6.45, 7) is 3.29. The molecule has 0 unspecified atom stereocenters. The summed E-state index contributed by atoms with van der Waals surface area (Å²) in [5.74, 6) is -1.04. The van der Waals surface area contributed by atoms with Gasteiger partial charge in [0.05, 0.1) is 5.56 Å². The predicted octanol–water partition coefficient (Wildman–Crippen LogP) is 3.85. The second kappa shape index (κ2) is 7.02. The quantitative estimate of drug-likeness (QED) is 0.884. The monoisotopic (exact) mass is 377 g/mol. The van der Waals surface area contributed by atoms with Gasteiger partial charge in [-0.05, 0) is 50.1 Å². The number of aryl methyl sites for hydroxylation is 2. The SMILES string of the molecule is Cc1cccc(NC(=O)[C@@H]2CCC(=O)N2c2cc(C(F)(F)F)cc(C)n2)c1. The zero-order valence-corrected chi connectivity index (χ0v) is 14.8. The Morgan fingerprint density at radius 2 is 1.96 bits per heavy atom. The molecule has 1 aromatic heterocycles. The van der Waals surface area contributed by atoms with Crippen LogP contribution >= 0.6 is 0 Å². The molecule has 142 valence electrons. The topological polar surface area (TPSA) is 62.3 Å². The summed E-state index contributed by atoms with van der Waals surface area (Å²) in [7, 11) is 0. The third-order valence-corrected chi connectivity index (χ3v) is 4.31. The van der Waals surface area contributed by atoms with Crippen molar-refractivity contribution < 1.29 is 22.8 Å². The number of nitrogens with one attached hydrogen (secondary N) is 1. The van der Waals surface area contributed by atoms with E-state index >= 15 is 0 Å². The molecule has 0 bridgehead atoms. The first kappa shape index (κ1) is 18.9. The fourth-order valence-electron chi connectivity index (χ4n) is 3.11. The van der Waals surface area contributed by atoms with E-state index < -0.39 is 29.6 Å². The van der Waals surface area contributed by atoms with Gasteiger partial charge in [0.1, 0.15) is 11.9 Å². The molecule has 1 aromatic carbocycles. The molecule has 5 nitrogen and oxygen atoms in total. The number of carbonyl (C=O) groups is 2. The summed E-state index contributed by atoms with van der Waals surface area (Å²) in [5.41, 5.74) is 0.731. The van der Waals surface area contributed by atoms with Gasteiger partial charge >= 0.3 is 6.18 Å². The van der Waals surface area contributed by atoms with Crippen LogP contribution in [0, 0.1) is 13.8 Å². The van der Waals surface area contributed by atoms with E-state index in [2.05, 4.69) is 10.3 Å². The second-order valence-corrected chi connectivity index (χ2v) is 6.53. The van der Waals surface area contributed by atoms with Crippen molar-refractivity contribution in [2.75, 3.05) is 10.2 Å². The van der Waals surface area contributed by atoms with Crippen LogP contribution in [0.1, 0.15) is 29.7 Å². The van der Waals surface area contributed by atoms with Crippen LogP contribution in [0.3, 0.4) is 0 Å². The van der Waals surface area contributed by atoms with Gasteiger partial charge in [-0.2, -0.15) is 13.2 Å². The predicted molar refractivity (Wildman–Crippen MR) is 94.3 cm³/mol. The molecular formula is C19H18F3N3O2. The molecule has 2 amide bonds. The highest BCUT2D eigenvalue weighted by atomic mass is 19.4. The van der Waals surface area contributed by atoms with Crippen molar-refractivity contribution in [2.24, 2.45) is 0 Å². The van der Waals surface area contributed by atoms with Gasteiger partial charge in [0.15, 0.2) is 0 Å². The molecule has 0 radical (unpaired) electrons. The first-order valence-electron chi connectivity index (χ1n) is 8.40. The van der Waals surface area contributed by atoms with Crippen LogP contribution < -0.4 is 10.2 Å². The number of pyridine rings is 1. The molecule has 1 fully saturated rings. The lowest BCUT2D eigenvalue weighted by atomic mass is 10.1. The summed E-state index contributed by atoms with van der Waals surface area (Å²) < 4.78 is 39.3. The third kappa shape index (κ3) is 4.10. The molecule has 2 heterocycles.